The van der Waals surface area contributed by atoms with Crippen molar-refractivity contribution in [3.63, 3.8) is 0 Å². The fourth-order valence-electron chi connectivity index (χ4n) is 2.80. The molecule has 1 aliphatic carbocycles. The van der Waals surface area contributed by atoms with Crippen molar-refractivity contribution in [3.05, 3.63) is 34.4 Å². The lowest BCUT2D eigenvalue weighted by Crippen LogP contribution is -2.41. The highest BCUT2D eigenvalue weighted by molar-refractivity contribution is 5.96. The lowest BCUT2D eigenvalue weighted by Gasteiger charge is -2.24. The molecule has 0 radical (unpaired) electrons. The maximum Gasteiger partial charge on any atom is 0.251 e. The van der Waals surface area contributed by atoms with Crippen LogP contribution in [0.25, 0.3) is 0 Å². The van der Waals surface area contributed by atoms with Gasteiger partial charge in [0.25, 0.3) is 5.91 Å². The third kappa shape index (κ3) is 3.48. The predicted octanol–water partition coefficient (Wildman–Crippen LogP) is 4.70. The zero-order valence-electron chi connectivity index (χ0n) is 14.6. The van der Waals surface area contributed by atoms with Crippen molar-refractivity contribution in [2.45, 2.75) is 78.2 Å². The van der Waals surface area contributed by atoms with Crippen LogP contribution in [0.2, 0.25) is 0 Å². The molecule has 2 rings (SSSR count). The number of nitrogens with one attached hydrogen (secondary N) is 1. The second-order valence-electron chi connectivity index (χ2n) is 8.16. The van der Waals surface area contributed by atoms with Gasteiger partial charge in [-0.3, -0.25) is 4.79 Å². The summed E-state index contributed by atoms with van der Waals surface area (Å²) in [7, 11) is 0. The third-order valence-electron chi connectivity index (χ3n) is 4.48. The minimum atomic E-state index is -0.207. The second-order valence-corrected chi connectivity index (χ2v) is 8.16. The van der Waals surface area contributed by atoms with E-state index in [2.05, 4.69) is 45.1 Å². The van der Waals surface area contributed by atoms with Gasteiger partial charge in [0.1, 0.15) is 0 Å². The topological polar surface area (TPSA) is 29.1 Å². The van der Waals surface area contributed by atoms with Crippen LogP contribution in [0.5, 0.6) is 0 Å². The zero-order chi connectivity index (χ0) is 16.0. The van der Waals surface area contributed by atoms with E-state index < -0.39 is 0 Å². The van der Waals surface area contributed by atoms with Crippen molar-refractivity contribution in [3.8, 4) is 0 Å². The van der Waals surface area contributed by atoms with E-state index in [9.17, 15) is 4.79 Å². The molecule has 1 aromatic carbocycles. The summed E-state index contributed by atoms with van der Waals surface area (Å²) in [6, 6.07) is 4.40. The van der Waals surface area contributed by atoms with Crippen LogP contribution in [0.1, 0.15) is 87.4 Å². The Bertz CT molecular complexity index is 560. The minimum Gasteiger partial charge on any atom is -0.347 e. The molecule has 1 saturated carbocycles. The maximum absolute atomic E-state index is 12.6. The standard InChI is InChI=1S/C19H29NO/c1-12(2)14-10-15(17(21)20-18(4,5)6)13(3)16(11-14)19(7)8-9-19/h10-12H,8-9H2,1-7H3,(H,20,21). The second kappa shape index (κ2) is 5.15. The van der Waals surface area contributed by atoms with Crippen molar-refractivity contribution >= 4 is 5.91 Å². The van der Waals surface area contributed by atoms with Crippen LogP contribution in [-0.2, 0) is 5.41 Å². The Morgan fingerprint density at radius 1 is 1.24 bits per heavy atom. The normalized spacial score (nSPS) is 17.0. The fraction of sp³-hybridized carbons (Fsp3) is 0.632. The minimum absolute atomic E-state index is 0.0491. The van der Waals surface area contributed by atoms with Crippen molar-refractivity contribution in [1.82, 2.24) is 5.32 Å². The molecular weight excluding hydrogens is 258 g/mol. The Morgan fingerprint density at radius 2 is 1.81 bits per heavy atom. The van der Waals surface area contributed by atoms with Gasteiger partial charge in [-0.1, -0.05) is 26.8 Å². The van der Waals surface area contributed by atoms with Crippen LogP contribution in [-0.4, -0.2) is 11.4 Å². The first kappa shape index (κ1) is 16.1. The summed E-state index contributed by atoms with van der Waals surface area (Å²) < 4.78 is 0. The molecule has 1 aliphatic rings. The monoisotopic (exact) mass is 287 g/mol. The molecule has 2 heteroatoms. The van der Waals surface area contributed by atoms with Gasteiger partial charge in [-0.05, 0) is 74.6 Å². The summed E-state index contributed by atoms with van der Waals surface area (Å²) in [4.78, 5) is 12.6. The highest BCUT2D eigenvalue weighted by Crippen LogP contribution is 2.49. The van der Waals surface area contributed by atoms with Crippen molar-refractivity contribution in [2.24, 2.45) is 0 Å². The molecule has 2 nitrogen and oxygen atoms in total. The average molecular weight is 287 g/mol. The molecule has 0 heterocycles. The number of rotatable bonds is 3. The fourth-order valence-corrected chi connectivity index (χ4v) is 2.80. The Hall–Kier alpha value is -1.31. The largest absolute Gasteiger partial charge is 0.347 e. The molecule has 116 valence electrons. The molecule has 0 spiro atoms. The van der Waals surface area contributed by atoms with E-state index >= 15 is 0 Å². The van der Waals surface area contributed by atoms with E-state index in [0.29, 0.717) is 5.92 Å². The van der Waals surface area contributed by atoms with Crippen LogP contribution >= 0.6 is 0 Å². The van der Waals surface area contributed by atoms with Crippen LogP contribution in [0.4, 0.5) is 0 Å². The van der Waals surface area contributed by atoms with Gasteiger partial charge >= 0.3 is 0 Å². The lowest BCUT2D eigenvalue weighted by atomic mass is 9.86. The van der Waals surface area contributed by atoms with E-state index in [1.807, 2.05) is 20.8 Å². The molecular formula is C19H29NO. The first-order chi connectivity index (χ1) is 9.53. The predicted molar refractivity (Wildman–Crippen MR) is 89.1 cm³/mol. The number of benzene rings is 1. The molecule has 0 saturated heterocycles. The number of amides is 1. The van der Waals surface area contributed by atoms with Crippen LogP contribution in [0, 0.1) is 6.92 Å². The number of hydrogen-bond acceptors (Lipinski definition) is 1. The molecule has 1 N–H and O–H groups in total. The Kier molecular flexibility index (Phi) is 3.94. The summed E-state index contributed by atoms with van der Waals surface area (Å²) in [5, 5.41) is 3.10. The van der Waals surface area contributed by atoms with Crippen LogP contribution in [0.15, 0.2) is 12.1 Å². The zero-order valence-corrected chi connectivity index (χ0v) is 14.6. The summed E-state index contributed by atoms with van der Waals surface area (Å²) in [5.74, 6) is 0.487. The number of hydrogen-bond donors (Lipinski definition) is 1. The highest BCUT2D eigenvalue weighted by atomic mass is 16.1. The molecule has 1 aromatic rings. The SMILES string of the molecule is Cc1c(C(=O)NC(C)(C)C)cc(C(C)C)cc1C1(C)CC1. The van der Waals surface area contributed by atoms with Gasteiger partial charge in [-0.2, -0.15) is 0 Å². The maximum atomic E-state index is 12.6. The molecule has 1 fully saturated rings. The van der Waals surface area contributed by atoms with Gasteiger partial charge in [0.2, 0.25) is 0 Å². The molecule has 0 atom stereocenters. The van der Waals surface area contributed by atoms with Crippen molar-refractivity contribution < 1.29 is 4.79 Å². The van der Waals surface area contributed by atoms with Crippen LogP contribution in [0.3, 0.4) is 0 Å². The van der Waals surface area contributed by atoms with Gasteiger partial charge in [0.15, 0.2) is 0 Å². The van der Waals surface area contributed by atoms with Crippen LogP contribution < -0.4 is 5.32 Å². The van der Waals surface area contributed by atoms with Gasteiger partial charge < -0.3 is 5.32 Å². The van der Waals surface area contributed by atoms with E-state index in [1.54, 1.807) is 0 Å². The van der Waals surface area contributed by atoms with Crippen molar-refractivity contribution in [2.75, 3.05) is 0 Å². The highest BCUT2D eigenvalue weighted by Gasteiger charge is 2.41. The Labute approximate surface area is 129 Å². The van der Waals surface area contributed by atoms with E-state index in [4.69, 9.17) is 0 Å². The van der Waals surface area contributed by atoms with E-state index in [0.717, 1.165) is 11.1 Å². The quantitative estimate of drug-likeness (QED) is 0.858. The molecule has 0 bridgehead atoms. The smallest absolute Gasteiger partial charge is 0.251 e. The molecule has 0 aromatic heterocycles. The van der Waals surface area contributed by atoms with Gasteiger partial charge in [-0.15, -0.1) is 0 Å². The number of carbonyl (C=O) groups excluding carboxylic acids is 1. The Morgan fingerprint density at radius 3 is 2.24 bits per heavy atom. The summed E-state index contributed by atoms with van der Waals surface area (Å²) >= 11 is 0. The molecule has 0 aliphatic heterocycles. The summed E-state index contributed by atoms with van der Waals surface area (Å²) in [6.45, 7) is 14.9. The van der Waals surface area contributed by atoms with Gasteiger partial charge in [-0.25, -0.2) is 0 Å². The van der Waals surface area contributed by atoms with Crippen molar-refractivity contribution in [1.29, 1.82) is 0 Å². The number of carbonyl (C=O) groups is 1. The first-order valence-electron chi connectivity index (χ1n) is 8.01. The molecule has 21 heavy (non-hydrogen) atoms. The van der Waals surface area contributed by atoms with E-state index in [-0.39, 0.29) is 16.9 Å². The van der Waals surface area contributed by atoms with Gasteiger partial charge in [0, 0.05) is 11.1 Å². The first-order valence-corrected chi connectivity index (χ1v) is 8.01. The van der Waals surface area contributed by atoms with Gasteiger partial charge in [0.05, 0.1) is 0 Å². The Balaban J connectivity index is 2.49. The third-order valence-corrected chi connectivity index (χ3v) is 4.48. The lowest BCUT2D eigenvalue weighted by molar-refractivity contribution is 0.0918. The average Bonchev–Trinajstić information content (AvgIpc) is 3.05. The van der Waals surface area contributed by atoms with E-state index in [1.165, 1.54) is 24.0 Å². The molecule has 1 amide bonds. The molecule has 0 unspecified atom stereocenters. The summed E-state index contributed by atoms with van der Waals surface area (Å²) in [6.07, 6.45) is 2.46. The summed E-state index contributed by atoms with van der Waals surface area (Å²) in [5.41, 5.74) is 4.71.